The third-order valence-corrected chi connectivity index (χ3v) is 19.3. The van der Waals surface area contributed by atoms with Crippen LogP contribution in [0.5, 0.6) is 0 Å². The van der Waals surface area contributed by atoms with Gasteiger partial charge in [-0.1, -0.05) is 188 Å². The van der Waals surface area contributed by atoms with Gasteiger partial charge in [-0.2, -0.15) is 0 Å². The van der Waals surface area contributed by atoms with Crippen LogP contribution in [-0.2, 0) is 0 Å². The highest BCUT2D eigenvalue weighted by Crippen LogP contribution is 2.51. The first-order valence-corrected chi connectivity index (χ1v) is 24.2. The Bertz CT molecular complexity index is 4260. The molecule has 0 saturated heterocycles. The average molecular weight is 829 g/mol. The van der Waals surface area contributed by atoms with Crippen molar-refractivity contribution in [3.8, 4) is 11.1 Å². The molecule has 0 aliphatic carbocycles. The molecule has 5 heterocycles. The van der Waals surface area contributed by atoms with Crippen LogP contribution in [0.1, 0.15) is 0 Å². The molecule has 0 bridgehead atoms. The summed E-state index contributed by atoms with van der Waals surface area (Å²) in [4.78, 5) is 0. The maximum Gasteiger partial charge on any atom is 0.179 e. The number of para-hydroxylation sites is 4. The number of hydrogen-bond donors (Lipinski definition) is 0. The van der Waals surface area contributed by atoms with Gasteiger partial charge in [-0.05, 0) is 56.6 Å². The molecule has 15 rings (SSSR count). The Morgan fingerprint density at radius 1 is 0.297 bits per heavy atom. The second-order valence-electron chi connectivity index (χ2n) is 17.5. The van der Waals surface area contributed by atoms with Crippen LogP contribution in [0.4, 0.5) is 0 Å². The first kappa shape index (κ1) is 34.4. The van der Waals surface area contributed by atoms with Crippen LogP contribution in [-0.4, -0.2) is 16.9 Å². The SMILES string of the molecule is c1ccc([Si](c2ccccc2)(c2ccccc2)c2cccc(-c3c4c5cccc6c7ccccc7n(c4cc4c7cc8oc9ccccc9c8c8c9ccccc9n(c34)c78)c65)c2)cc1. The van der Waals surface area contributed by atoms with Crippen LogP contribution in [0.25, 0.3) is 109 Å². The lowest BCUT2D eigenvalue weighted by molar-refractivity contribution is 0.669. The van der Waals surface area contributed by atoms with E-state index in [4.69, 9.17) is 4.42 Å². The molecule has 0 N–H and O–H groups in total. The van der Waals surface area contributed by atoms with E-state index in [9.17, 15) is 0 Å². The van der Waals surface area contributed by atoms with E-state index in [-0.39, 0.29) is 0 Å². The highest BCUT2D eigenvalue weighted by molar-refractivity contribution is 7.19. The van der Waals surface area contributed by atoms with Crippen LogP contribution in [0.15, 0.2) is 223 Å². The summed E-state index contributed by atoms with van der Waals surface area (Å²) in [5.41, 5.74) is 11.7. The third-order valence-electron chi connectivity index (χ3n) is 14.5. The van der Waals surface area contributed by atoms with Crippen molar-refractivity contribution in [1.29, 1.82) is 0 Å². The fourth-order valence-corrected chi connectivity index (χ4v) is 16.9. The zero-order valence-electron chi connectivity index (χ0n) is 34.6. The minimum Gasteiger partial charge on any atom is -0.456 e. The Hall–Kier alpha value is -8.18. The summed E-state index contributed by atoms with van der Waals surface area (Å²) in [5, 5.41) is 17.8. The third kappa shape index (κ3) is 4.21. The Balaban J connectivity index is 1.18. The Labute approximate surface area is 367 Å². The fourth-order valence-electron chi connectivity index (χ4n) is 12.1. The van der Waals surface area contributed by atoms with E-state index in [1.54, 1.807) is 0 Å². The van der Waals surface area contributed by atoms with Crippen LogP contribution in [0, 0.1) is 0 Å². The summed E-state index contributed by atoms with van der Waals surface area (Å²) >= 11 is 0. The number of rotatable bonds is 5. The topological polar surface area (TPSA) is 22.0 Å². The Morgan fingerprint density at radius 3 is 1.56 bits per heavy atom. The van der Waals surface area contributed by atoms with Crippen molar-refractivity contribution in [3.63, 3.8) is 0 Å². The monoisotopic (exact) mass is 828 g/mol. The zero-order valence-corrected chi connectivity index (χ0v) is 35.6. The second kappa shape index (κ2) is 12.5. The molecule has 0 unspecified atom stereocenters. The van der Waals surface area contributed by atoms with Gasteiger partial charge in [0.15, 0.2) is 8.07 Å². The van der Waals surface area contributed by atoms with E-state index in [1.807, 2.05) is 0 Å². The van der Waals surface area contributed by atoms with Gasteiger partial charge in [0.2, 0.25) is 0 Å². The number of fused-ring (bicyclic) bond motifs is 16. The summed E-state index contributed by atoms with van der Waals surface area (Å²) in [6.45, 7) is 0. The van der Waals surface area contributed by atoms with Gasteiger partial charge in [0.1, 0.15) is 11.2 Å². The quantitative estimate of drug-likeness (QED) is 0.125. The number of hydrogen-bond acceptors (Lipinski definition) is 1. The van der Waals surface area contributed by atoms with E-state index >= 15 is 0 Å². The molecule has 0 atom stereocenters. The van der Waals surface area contributed by atoms with Crippen molar-refractivity contribution in [2.45, 2.75) is 0 Å². The molecule has 0 aliphatic rings. The maximum atomic E-state index is 6.78. The van der Waals surface area contributed by atoms with Gasteiger partial charge in [-0.25, -0.2) is 0 Å². The molecule has 3 nitrogen and oxygen atoms in total. The molecule has 0 aliphatic heterocycles. The minimum absolute atomic E-state index is 0.916. The smallest absolute Gasteiger partial charge is 0.179 e. The summed E-state index contributed by atoms with van der Waals surface area (Å²) in [6.07, 6.45) is 0. The highest BCUT2D eigenvalue weighted by atomic mass is 28.3. The maximum absolute atomic E-state index is 6.78. The van der Waals surface area contributed by atoms with E-state index in [2.05, 4.69) is 227 Å². The molecule has 10 aromatic carbocycles. The van der Waals surface area contributed by atoms with Gasteiger partial charge in [0.25, 0.3) is 0 Å². The lowest BCUT2D eigenvalue weighted by atomic mass is 9.94. The second-order valence-corrected chi connectivity index (χ2v) is 21.3. The number of nitrogens with zero attached hydrogens (tertiary/aromatic N) is 2. The van der Waals surface area contributed by atoms with Gasteiger partial charge in [-0.3, -0.25) is 0 Å². The molecule has 0 saturated carbocycles. The van der Waals surface area contributed by atoms with Crippen molar-refractivity contribution < 1.29 is 4.42 Å². The van der Waals surface area contributed by atoms with Crippen LogP contribution >= 0.6 is 0 Å². The summed E-state index contributed by atoms with van der Waals surface area (Å²) in [7, 11) is -2.87. The van der Waals surface area contributed by atoms with Gasteiger partial charge in [0, 0.05) is 59.4 Å². The molecule has 0 amide bonds. The zero-order chi connectivity index (χ0) is 41.7. The standard InChI is InChI=1S/C60H36N2OSi/c1-4-19-38(20-5-1)64(39-21-6-2-7-22-39,40-23-8-3-9-24-40)41-25-16-18-37(34-41)54-55-46-30-17-29-43-42-26-10-13-31-49(42)61(58(43)46)51(55)35-47-48-36-53-56(45-28-12-15-33-52(45)63-53)57-44-27-11-14-32-50(44)62(59(47)54)60(48)57/h1-36H. The minimum atomic E-state index is -2.87. The normalized spacial score (nSPS) is 12.7. The molecule has 0 radical (unpaired) electrons. The summed E-state index contributed by atoms with van der Waals surface area (Å²) in [5.74, 6) is 0. The van der Waals surface area contributed by atoms with Crippen molar-refractivity contribution in [2.75, 3.05) is 0 Å². The Kier molecular flexibility index (Phi) is 6.71. The number of furan rings is 1. The van der Waals surface area contributed by atoms with Gasteiger partial charge in [0.05, 0.1) is 33.1 Å². The van der Waals surface area contributed by atoms with Gasteiger partial charge >= 0.3 is 0 Å². The highest BCUT2D eigenvalue weighted by Gasteiger charge is 2.41. The predicted octanol–water partition coefficient (Wildman–Crippen LogP) is 12.9. The number of benzene rings is 10. The van der Waals surface area contributed by atoms with Gasteiger partial charge in [-0.15, -0.1) is 0 Å². The van der Waals surface area contributed by atoms with E-state index in [1.165, 1.54) is 113 Å². The van der Waals surface area contributed by atoms with Crippen molar-refractivity contribution in [1.82, 2.24) is 8.80 Å². The van der Waals surface area contributed by atoms with E-state index in [0.717, 1.165) is 16.6 Å². The lowest BCUT2D eigenvalue weighted by Crippen LogP contribution is -2.74. The summed E-state index contributed by atoms with van der Waals surface area (Å²) < 4.78 is 11.9. The first-order valence-electron chi connectivity index (χ1n) is 22.2. The number of aromatic nitrogens is 2. The van der Waals surface area contributed by atoms with Crippen molar-refractivity contribution in [3.05, 3.63) is 218 Å². The predicted molar refractivity (Wildman–Crippen MR) is 272 cm³/mol. The molecule has 0 fully saturated rings. The van der Waals surface area contributed by atoms with Crippen LogP contribution in [0.3, 0.4) is 0 Å². The fraction of sp³-hybridized carbons (Fsp3) is 0. The molecule has 0 spiro atoms. The first-order chi connectivity index (χ1) is 31.8. The van der Waals surface area contributed by atoms with E-state index < -0.39 is 8.07 Å². The van der Waals surface area contributed by atoms with Crippen LogP contribution < -0.4 is 20.7 Å². The van der Waals surface area contributed by atoms with Gasteiger partial charge < -0.3 is 13.2 Å². The molecule has 296 valence electrons. The molecular formula is C60H36N2OSi. The summed E-state index contributed by atoms with van der Waals surface area (Å²) in [6, 6.07) is 81.6. The van der Waals surface area contributed by atoms with Crippen LogP contribution in [0.2, 0.25) is 0 Å². The molecule has 64 heavy (non-hydrogen) atoms. The average Bonchev–Trinajstić information content (AvgIpc) is 4.16. The molecule has 15 aromatic rings. The van der Waals surface area contributed by atoms with E-state index in [0.29, 0.717) is 0 Å². The molecule has 4 heteroatoms. The largest absolute Gasteiger partial charge is 0.456 e. The van der Waals surface area contributed by atoms with Crippen molar-refractivity contribution in [2.24, 2.45) is 0 Å². The molecular weight excluding hydrogens is 793 g/mol. The van der Waals surface area contributed by atoms with Crippen molar-refractivity contribution >= 4 is 127 Å². The lowest BCUT2D eigenvalue weighted by Gasteiger charge is -2.34. The Morgan fingerprint density at radius 2 is 0.844 bits per heavy atom. The molecule has 5 aromatic heterocycles.